The standard InChI is InChI=1S/C20H22N2O5/c1-3-12-22(13-18(23)24)20(26)16-6-4-5-7-17(16)21-19(25)14-8-10-15(27-2)11-9-14/h4-11H,3,12-13H2,1-2H3,(H,21,25)(H,23,24). The number of anilines is 1. The average molecular weight is 370 g/mol. The van der Waals surface area contributed by atoms with Crippen LogP contribution in [-0.4, -0.2) is 48.0 Å². The number of rotatable bonds is 8. The number of amides is 2. The van der Waals surface area contributed by atoms with Gasteiger partial charge >= 0.3 is 5.97 Å². The lowest BCUT2D eigenvalue weighted by molar-refractivity contribution is -0.137. The summed E-state index contributed by atoms with van der Waals surface area (Å²) >= 11 is 0. The summed E-state index contributed by atoms with van der Waals surface area (Å²) in [5, 5.41) is 11.8. The molecule has 0 bridgehead atoms. The number of nitrogens with zero attached hydrogens (tertiary/aromatic N) is 1. The van der Waals surface area contributed by atoms with Gasteiger partial charge in [0, 0.05) is 12.1 Å². The summed E-state index contributed by atoms with van der Waals surface area (Å²) in [5.41, 5.74) is 0.984. The van der Waals surface area contributed by atoms with Gasteiger partial charge in [0.1, 0.15) is 12.3 Å². The molecule has 0 spiro atoms. The van der Waals surface area contributed by atoms with Crippen molar-refractivity contribution < 1.29 is 24.2 Å². The molecule has 0 saturated carbocycles. The van der Waals surface area contributed by atoms with Gasteiger partial charge in [0.25, 0.3) is 11.8 Å². The molecule has 2 aromatic rings. The van der Waals surface area contributed by atoms with Crippen LogP contribution in [0.25, 0.3) is 0 Å². The molecule has 0 aliphatic carbocycles. The van der Waals surface area contributed by atoms with Gasteiger partial charge in [-0.3, -0.25) is 14.4 Å². The van der Waals surface area contributed by atoms with Crippen molar-refractivity contribution in [2.24, 2.45) is 0 Å². The van der Waals surface area contributed by atoms with Crippen molar-refractivity contribution in [2.45, 2.75) is 13.3 Å². The monoisotopic (exact) mass is 370 g/mol. The van der Waals surface area contributed by atoms with Crippen molar-refractivity contribution in [2.75, 3.05) is 25.5 Å². The van der Waals surface area contributed by atoms with Crippen molar-refractivity contribution in [1.29, 1.82) is 0 Å². The third-order valence-corrected chi connectivity index (χ3v) is 3.86. The molecule has 142 valence electrons. The molecule has 0 heterocycles. The van der Waals surface area contributed by atoms with E-state index in [1.54, 1.807) is 48.5 Å². The fourth-order valence-corrected chi connectivity index (χ4v) is 2.57. The molecule has 27 heavy (non-hydrogen) atoms. The molecule has 0 atom stereocenters. The zero-order valence-electron chi connectivity index (χ0n) is 15.3. The number of carbonyl (C=O) groups excluding carboxylic acids is 2. The normalized spacial score (nSPS) is 10.1. The number of aliphatic carboxylic acids is 1. The Bertz CT molecular complexity index is 817. The molecule has 0 aromatic heterocycles. The van der Waals surface area contributed by atoms with Crippen LogP contribution in [0.5, 0.6) is 5.75 Å². The first-order valence-electron chi connectivity index (χ1n) is 8.51. The first-order chi connectivity index (χ1) is 13.0. The molecular formula is C20H22N2O5. The highest BCUT2D eigenvalue weighted by Crippen LogP contribution is 2.19. The lowest BCUT2D eigenvalue weighted by Gasteiger charge is -2.21. The number of para-hydroxylation sites is 1. The second-order valence-electron chi connectivity index (χ2n) is 5.85. The van der Waals surface area contributed by atoms with Gasteiger partial charge < -0.3 is 20.1 Å². The van der Waals surface area contributed by atoms with E-state index in [-0.39, 0.29) is 11.5 Å². The van der Waals surface area contributed by atoms with Gasteiger partial charge in [-0.25, -0.2) is 0 Å². The molecule has 0 aliphatic heterocycles. The van der Waals surface area contributed by atoms with Gasteiger partial charge in [0.05, 0.1) is 18.4 Å². The van der Waals surface area contributed by atoms with Gasteiger partial charge in [0.15, 0.2) is 0 Å². The Hall–Kier alpha value is -3.35. The summed E-state index contributed by atoms with van der Waals surface area (Å²) in [6.45, 7) is 1.78. The van der Waals surface area contributed by atoms with Crippen molar-refractivity contribution in [3.63, 3.8) is 0 Å². The van der Waals surface area contributed by atoms with Crippen LogP contribution in [0.4, 0.5) is 5.69 Å². The maximum atomic E-state index is 12.8. The van der Waals surface area contributed by atoms with Crippen LogP contribution in [0, 0.1) is 0 Å². The second-order valence-corrected chi connectivity index (χ2v) is 5.85. The van der Waals surface area contributed by atoms with E-state index in [4.69, 9.17) is 9.84 Å². The Balaban J connectivity index is 2.24. The van der Waals surface area contributed by atoms with E-state index < -0.39 is 18.4 Å². The van der Waals surface area contributed by atoms with E-state index in [1.807, 2.05) is 6.92 Å². The van der Waals surface area contributed by atoms with Crippen molar-refractivity contribution in [3.05, 3.63) is 59.7 Å². The highest BCUT2D eigenvalue weighted by Gasteiger charge is 2.21. The number of carboxylic acids is 1. The van der Waals surface area contributed by atoms with E-state index in [9.17, 15) is 14.4 Å². The molecule has 2 amide bonds. The minimum atomic E-state index is -1.09. The van der Waals surface area contributed by atoms with Crippen LogP contribution in [0.3, 0.4) is 0 Å². The highest BCUT2D eigenvalue weighted by atomic mass is 16.5. The molecular weight excluding hydrogens is 348 g/mol. The predicted octanol–water partition coefficient (Wildman–Crippen LogP) is 2.88. The molecule has 0 fully saturated rings. The van der Waals surface area contributed by atoms with Crippen molar-refractivity contribution in [1.82, 2.24) is 4.90 Å². The predicted molar refractivity (Wildman–Crippen MR) is 101 cm³/mol. The zero-order chi connectivity index (χ0) is 19.8. The van der Waals surface area contributed by atoms with Gasteiger partial charge in [-0.15, -0.1) is 0 Å². The number of carboxylic acid groups (broad SMARTS) is 1. The van der Waals surface area contributed by atoms with Gasteiger partial charge in [-0.1, -0.05) is 19.1 Å². The number of methoxy groups -OCH3 is 1. The fourth-order valence-electron chi connectivity index (χ4n) is 2.57. The second kappa shape index (κ2) is 9.38. The quantitative estimate of drug-likeness (QED) is 0.745. The van der Waals surface area contributed by atoms with Crippen LogP contribution in [0.15, 0.2) is 48.5 Å². The Morgan fingerprint density at radius 1 is 1.07 bits per heavy atom. The molecule has 0 radical (unpaired) electrons. The number of ether oxygens (including phenoxy) is 1. The van der Waals surface area contributed by atoms with Crippen molar-refractivity contribution in [3.8, 4) is 5.75 Å². The largest absolute Gasteiger partial charge is 0.497 e. The Morgan fingerprint density at radius 3 is 2.33 bits per heavy atom. The molecule has 2 aromatic carbocycles. The van der Waals surface area contributed by atoms with E-state index in [1.165, 1.54) is 12.0 Å². The Morgan fingerprint density at radius 2 is 1.74 bits per heavy atom. The van der Waals surface area contributed by atoms with Crippen LogP contribution < -0.4 is 10.1 Å². The third kappa shape index (κ3) is 5.31. The third-order valence-electron chi connectivity index (χ3n) is 3.86. The van der Waals surface area contributed by atoms with Crippen LogP contribution in [-0.2, 0) is 4.79 Å². The Kier molecular flexibility index (Phi) is 6.93. The van der Waals surface area contributed by atoms with Gasteiger partial charge in [0.2, 0.25) is 0 Å². The highest BCUT2D eigenvalue weighted by molar-refractivity contribution is 6.09. The molecule has 2 N–H and O–H groups in total. The van der Waals surface area contributed by atoms with E-state index in [0.717, 1.165) is 0 Å². The van der Waals surface area contributed by atoms with Crippen LogP contribution >= 0.6 is 0 Å². The number of carbonyl (C=O) groups is 3. The Labute approximate surface area is 157 Å². The van der Waals surface area contributed by atoms with E-state index >= 15 is 0 Å². The minimum Gasteiger partial charge on any atom is -0.497 e. The molecule has 0 unspecified atom stereocenters. The first-order valence-corrected chi connectivity index (χ1v) is 8.51. The lowest BCUT2D eigenvalue weighted by atomic mass is 10.1. The lowest BCUT2D eigenvalue weighted by Crippen LogP contribution is -2.36. The molecule has 0 aliphatic rings. The summed E-state index contributed by atoms with van der Waals surface area (Å²) in [7, 11) is 1.54. The van der Waals surface area contributed by atoms with E-state index in [0.29, 0.717) is 30.0 Å². The van der Waals surface area contributed by atoms with E-state index in [2.05, 4.69) is 5.32 Å². The average Bonchev–Trinajstić information content (AvgIpc) is 2.67. The SMILES string of the molecule is CCCN(CC(=O)O)C(=O)c1ccccc1NC(=O)c1ccc(OC)cc1. The summed E-state index contributed by atoms with van der Waals surface area (Å²) < 4.78 is 5.07. The van der Waals surface area contributed by atoms with Crippen LogP contribution in [0.2, 0.25) is 0 Å². The fraction of sp³-hybridized carbons (Fsp3) is 0.250. The van der Waals surface area contributed by atoms with Gasteiger partial charge in [-0.05, 0) is 42.8 Å². The maximum absolute atomic E-state index is 12.8. The maximum Gasteiger partial charge on any atom is 0.323 e. The zero-order valence-corrected chi connectivity index (χ0v) is 15.3. The summed E-state index contributed by atoms with van der Waals surface area (Å²) in [4.78, 5) is 37.6. The molecule has 0 saturated heterocycles. The van der Waals surface area contributed by atoms with Gasteiger partial charge in [-0.2, -0.15) is 0 Å². The number of nitrogens with one attached hydrogen (secondary N) is 1. The topological polar surface area (TPSA) is 95.9 Å². The number of hydrogen-bond acceptors (Lipinski definition) is 4. The van der Waals surface area contributed by atoms with Crippen molar-refractivity contribution >= 4 is 23.5 Å². The summed E-state index contributed by atoms with van der Waals surface area (Å²) in [6.07, 6.45) is 0.624. The molecule has 7 nitrogen and oxygen atoms in total. The number of benzene rings is 2. The smallest absolute Gasteiger partial charge is 0.323 e. The minimum absolute atomic E-state index is 0.245. The van der Waals surface area contributed by atoms with Crippen LogP contribution in [0.1, 0.15) is 34.1 Å². The first kappa shape index (κ1) is 20.0. The summed E-state index contributed by atoms with van der Waals surface area (Å²) in [5.74, 6) is -1.27. The summed E-state index contributed by atoms with van der Waals surface area (Å²) in [6, 6.07) is 13.1. The molecule has 7 heteroatoms. The number of hydrogen-bond donors (Lipinski definition) is 2. The molecule has 2 rings (SSSR count).